The number of allylic oxidation sites excluding steroid dienone is 1. The average Bonchev–Trinajstić information content (AvgIpc) is 2.25. The molecule has 0 radical (unpaired) electrons. The Bertz CT molecular complexity index is 384. The quantitative estimate of drug-likeness (QED) is 0.458. The van der Waals surface area contributed by atoms with Crippen LogP contribution in [0.4, 0.5) is 0 Å². The third-order valence-electron chi connectivity index (χ3n) is 1.57. The fourth-order valence-electron chi connectivity index (χ4n) is 0.872. The Morgan fingerprint density at radius 3 is 2.80 bits per heavy atom. The number of thiocarbonyl (C=S) groups is 1. The first-order valence-corrected chi connectivity index (χ1v) is 4.77. The molecule has 5 heteroatoms. The van der Waals surface area contributed by atoms with Crippen molar-refractivity contribution in [3.8, 4) is 0 Å². The van der Waals surface area contributed by atoms with Gasteiger partial charge in [0, 0.05) is 12.4 Å². The summed E-state index contributed by atoms with van der Waals surface area (Å²) in [5.74, 6) is 0. The normalized spacial score (nSPS) is 11.7. The molecule has 78 valence electrons. The molecule has 0 saturated heterocycles. The molecule has 0 saturated carbocycles. The van der Waals surface area contributed by atoms with E-state index in [9.17, 15) is 0 Å². The first-order valence-electron chi connectivity index (χ1n) is 4.36. The first-order chi connectivity index (χ1) is 7.18. The summed E-state index contributed by atoms with van der Waals surface area (Å²) in [6.07, 6.45) is 7.27. The summed E-state index contributed by atoms with van der Waals surface area (Å²) >= 11 is 4.62. The molecule has 1 aromatic heterocycles. The largest absolute Gasteiger partial charge is 0.375 e. The summed E-state index contributed by atoms with van der Waals surface area (Å²) in [4.78, 5) is 3.92. The molecular formula is C10H12N4S. The number of nitrogens with one attached hydrogen (secondary N) is 1. The molecule has 0 aliphatic heterocycles. The minimum Gasteiger partial charge on any atom is -0.375 e. The van der Waals surface area contributed by atoms with E-state index < -0.39 is 0 Å². The average molecular weight is 220 g/mol. The second kappa shape index (κ2) is 5.87. The van der Waals surface area contributed by atoms with E-state index in [1.807, 2.05) is 31.2 Å². The number of hydrogen-bond donors (Lipinski definition) is 2. The Hall–Kier alpha value is -1.75. The van der Waals surface area contributed by atoms with Crippen molar-refractivity contribution in [1.29, 1.82) is 0 Å². The van der Waals surface area contributed by atoms with Crippen LogP contribution in [0.1, 0.15) is 12.5 Å². The van der Waals surface area contributed by atoms with Crippen LogP contribution in [0.5, 0.6) is 0 Å². The van der Waals surface area contributed by atoms with Crippen molar-refractivity contribution >= 4 is 29.1 Å². The predicted octanol–water partition coefficient (Wildman–Crippen LogP) is 1.30. The molecule has 0 aromatic carbocycles. The van der Waals surface area contributed by atoms with E-state index >= 15 is 0 Å². The van der Waals surface area contributed by atoms with Gasteiger partial charge in [-0.1, -0.05) is 6.08 Å². The topological polar surface area (TPSA) is 63.3 Å². The van der Waals surface area contributed by atoms with Crippen LogP contribution in [0.25, 0.3) is 6.08 Å². The second-order valence-corrected chi connectivity index (χ2v) is 3.28. The molecule has 15 heavy (non-hydrogen) atoms. The van der Waals surface area contributed by atoms with E-state index in [1.165, 1.54) is 0 Å². The minimum atomic E-state index is 0.159. The maximum absolute atomic E-state index is 5.23. The standard InChI is InChI=1S/C10H12N4S/c1-8(13-14-10(11)15)2-3-9-4-6-12-7-5-9/h2-7H,1H3,(H3,11,14,15)/b3-2+,13-8+. The molecule has 3 N–H and O–H groups in total. The zero-order chi connectivity index (χ0) is 11.1. The van der Waals surface area contributed by atoms with Crippen molar-refractivity contribution in [2.45, 2.75) is 6.92 Å². The van der Waals surface area contributed by atoms with Crippen molar-refractivity contribution in [2.24, 2.45) is 10.8 Å². The number of rotatable bonds is 3. The zero-order valence-electron chi connectivity index (χ0n) is 8.34. The third-order valence-corrected chi connectivity index (χ3v) is 1.66. The summed E-state index contributed by atoms with van der Waals surface area (Å²) < 4.78 is 0. The van der Waals surface area contributed by atoms with Crippen molar-refractivity contribution < 1.29 is 0 Å². The van der Waals surface area contributed by atoms with E-state index in [2.05, 4.69) is 27.7 Å². The number of aromatic nitrogens is 1. The smallest absolute Gasteiger partial charge is 0.184 e. The Kier molecular flexibility index (Phi) is 4.43. The lowest BCUT2D eigenvalue weighted by atomic mass is 10.2. The molecule has 1 aromatic rings. The van der Waals surface area contributed by atoms with Crippen LogP contribution in [-0.4, -0.2) is 15.8 Å². The van der Waals surface area contributed by atoms with Crippen LogP contribution < -0.4 is 11.2 Å². The molecule has 0 fully saturated rings. The monoisotopic (exact) mass is 220 g/mol. The second-order valence-electron chi connectivity index (χ2n) is 2.84. The summed E-state index contributed by atoms with van der Waals surface area (Å²) in [5, 5.41) is 4.10. The maximum Gasteiger partial charge on any atom is 0.184 e. The Labute approximate surface area is 93.9 Å². The molecule has 0 spiro atoms. The van der Waals surface area contributed by atoms with Crippen molar-refractivity contribution in [3.63, 3.8) is 0 Å². The van der Waals surface area contributed by atoms with Crippen LogP contribution in [0, 0.1) is 0 Å². The summed E-state index contributed by atoms with van der Waals surface area (Å²) in [5.41, 5.74) is 9.60. The molecule has 0 atom stereocenters. The zero-order valence-corrected chi connectivity index (χ0v) is 9.16. The lowest BCUT2D eigenvalue weighted by Crippen LogP contribution is -2.24. The van der Waals surface area contributed by atoms with Gasteiger partial charge in [0.2, 0.25) is 0 Å². The molecule has 1 heterocycles. The van der Waals surface area contributed by atoms with Crippen LogP contribution in [0.3, 0.4) is 0 Å². The molecule has 0 aliphatic rings. The minimum absolute atomic E-state index is 0.159. The van der Waals surface area contributed by atoms with Gasteiger partial charge in [0.25, 0.3) is 0 Å². The summed E-state index contributed by atoms with van der Waals surface area (Å²) in [7, 11) is 0. The van der Waals surface area contributed by atoms with E-state index in [-0.39, 0.29) is 5.11 Å². The highest BCUT2D eigenvalue weighted by Gasteiger charge is 1.86. The number of hydrogen-bond acceptors (Lipinski definition) is 3. The first kappa shape index (κ1) is 11.3. The van der Waals surface area contributed by atoms with Crippen molar-refractivity contribution in [1.82, 2.24) is 10.4 Å². The Morgan fingerprint density at radius 1 is 1.53 bits per heavy atom. The predicted molar refractivity (Wildman–Crippen MR) is 66.3 cm³/mol. The van der Waals surface area contributed by atoms with Gasteiger partial charge in [0.15, 0.2) is 5.11 Å². The van der Waals surface area contributed by atoms with Crippen LogP contribution in [0.2, 0.25) is 0 Å². The summed E-state index contributed by atoms with van der Waals surface area (Å²) in [6, 6.07) is 3.82. The third kappa shape index (κ3) is 4.87. The number of nitrogens with two attached hydrogens (primary N) is 1. The highest BCUT2D eigenvalue weighted by atomic mass is 32.1. The number of pyridine rings is 1. The van der Waals surface area contributed by atoms with E-state index in [1.54, 1.807) is 12.4 Å². The van der Waals surface area contributed by atoms with Gasteiger partial charge in [-0.25, -0.2) is 0 Å². The molecule has 0 aliphatic carbocycles. The molecule has 1 rings (SSSR count). The van der Waals surface area contributed by atoms with Crippen molar-refractivity contribution in [3.05, 3.63) is 36.2 Å². The highest BCUT2D eigenvalue weighted by Crippen LogP contribution is 1.98. The fourth-order valence-corrected chi connectivity index (χ4v) is 0.918. The van der Waals surface area contributed by atoms with Gasteiger partial charge < -0.3 is 5.73 Å². The Balaban J connectivity index is 2.58. The molecular weight excluding hydrogens is 208 g/mol. The lowest BCUT2D eigenvalue weighted by Gasteiger charge is -1.96. The van der Waals surface area contributed by atoms with Gasteiger partial charge in [0.1, 0.15) is 0 Å². The van der Waals surface area contributed by atoms with Crippen LogP contribution >= 0.6 is 12.2 Å². The molecule has 0 amide bonds. The molecule has 4 nitrogen and oxygen atoms in total. The lowest BCUT2D eigenvalue weighted by molar-refractivity contribution is 1.03. The van der Waals surface area contributed by atoms with Crippen LogP contribution in [-0.2, 0) is 0 Å². The van der Waals surface area contributed by atoms with Gasteiger partial charge in [-0.05, 0) is 42.9 Å². The SMILES string of the molecule is CC(/C=C/c1ccncc1)=N\NC(N)=S. The fraction of sp³-hybridized carbons (Fsp3) is 0.100. The Morgan fingerprint density at radius 2 is 2.20 bits per heavy atom. The van der Waals surface area contributed by atoms with Gasteiger partial charge in [0.05, 0.1) is 5.71 Å². The molecule has 0 unspecified atom stereocenters. The van der Waals surface area contributed by atoms with E-state index in [0.29, 0.717) is 0 Å². The van der Waals surface area contributed by atoms with E-state index in [0.717, 1.165) is 11.3 Å². The van der Waals surface area contributed by atoms with E-state index in [4.69, 9.17) is 5.73 Å². The van der Waals surface area contributed by atoms with Crippen molar-refractivity contribution in [2.75, 3.05) is 0 Å². The van der Waals surface area contributed by atoms with Gasteiger partial charge in [-0.15, -0.1) is 0 Å². The number of hydrazone groups is 1. The number of nitrogens with zero attached hydrogens (tertiary/aromatic N) is 2. The van der Waals surface area contributed by atoms with Gasteiger partial charge in [-0.3, -0.25) is 10.4 Å². The van der Waals surface area contributed by atoms with Gasteiger partial charge in [-0.2, -0.15) is 5.10 Å². The summed E-state index contributed by atoms with van der Waals surface area (Å²) in [6.45, 7) is 1.85. The van der Waals surface area contributed by atoms with Gasteiger partial charge >= 0.3 is 0 Å². The maximum atomic E-state index is 5.23. The molecule has 0 bridgehead atoms. The highest BCUT2D eigenvalue weighted by molar-refractivity contribution is 7.80. The van der Waals surface area contributed by atoms with Crippen LogP contribution in [0.15, 0.2) is 35.7 Å².